The van der Waals surface area contributed by atoms with E-state index >= 15 is 0 Å². The van der Waals surface area contributed by atoms with E-state index in [0.29, 0.717) is 5.25 Å². The molecule has 0 aliphatic carbocycles. The highest BCUT2D eigenvalue weighted by Gasteiger charge is 2.25. The summed E-state index contributed by atoms with van der Waals surface area (Å²) in [5.74, 6) is 0. The van der Waals surface area contributed by atoms with Crippen LogP contribution in [0.1, 0.15) is 27.2 Å². The molecule has 0 spiro atoms. The van der Waals surface area contributed by atoms with Gasteiger partial charge in [0.2, 0.25) is 0 Å². The highest BCUT2D eigenvalue weighted by atomic mass is 32.2. The molecular formula is C16H21N3S. The Morgan fingerprint density at radius 2 is 2.20 bits per heavy atom. The van der Waals surface area contributed by atoms with Gasteiger partial charge < -0.3 is 4.98 Å². The summed E-state index contributed by atoms with van der Waals surface area (Å²) in [4.78, 5) is 3.42. The lowest BCUT2D eigenvalue weighted by atomic mass is 9.98. The van der Waals surface area contributed by atoms with Gasteiger partial charge in [0.25, 0.3) is 0 Å². The first-order chi connectivity index (χ1) is 9.56. The lowest BCUT2D eigenvalue weighted by Crippen LogP contribution is -2.42. The van der Waals surface area contributed by atoms with Crippen molar-refractivity contribution in [2.24, 2.45) is 0 Å². The van der Waals surface area contributed by atoms with Crippen LogP contribution in [0, 0.1) is 11.3 Å². The number of hydrogen-bond acceptors (Lipinski definition) is 3. The van der Waals surface area contributed by atoms with Crippen LogP contribution >= 0.6 is 11.8 Å². The Bertz CT molecular complexity index is 580. The van der Waals surface area contributed by atoms with Gasteiger partial charge in [-0.3, -0.25) is 5.32 Å². The van der Waals surface area contributed by atoms with Crippen molar-refractivity contribution in [3.8, 4) is 6.07 Å². The number of fused-ring (bicyclic) bond motifs is 1. The lowest BCUT2D eigenvalue weighted by molar-refractivity contribution is 0.429. The third-order valence-corrected chi connectivity index (χ3v) is 4.39. The predicted octanol–water partition coefficient (Wildman–Crippen LogP) is 3.93. The predicted molar refractivity (Wildman–Crippen MR) is 85.9 cm³/mol. The van der Waals surface area contributed by atoms with Crippen LogP contribution in [0.15, 0.2) is 35.4 Å². The summed E-state index contributed by atoms with van der Waals surface area (Å²) < 4.78 is 0. The van der Waals surface area contributed by atoms with Crippen LogP contribution < -0.4 is 5.32 Å². The number of para-hydroxylation sites is 1. The average molecular weight is 287 g/mol. The molecule has 106 valence electrons. The highest BCUT2D eigenvalue weighted by Crippen LogP contribution is 2.30. The van der Waals surface area contributed by atoms with Crippen LogP contribution in [0.2, 0.25) is 0 Å². The van der Waals surface area contributed by atoms with E-state index in [1.807, 2.05) is 26.0 Å². The number of H-pyrrole nitrogens is 1. The third kappa shape index (κ3) is 3.56. The largest absolute Gasteiger partial charge is 0.350 e. The Morgan fingerprint density at radius 3 is 2.85 bits per heavy atom. The molecule has 0 bridgehead atoms. The zero-order chi connectivity index (χ0) is 14.6. The van der Waals surface area contributed by atoms with Gasteiger partial charge in [-0.25, -0.2) is 0 Å². The number of thioether (sulfide) groups is 1. The standard InChI is InChI=1S/C16H21N3S/c1-4-18-16(3,11-17)10-12(2)20-15-9-13-7-5-6-8-14(13)19-15/h5-9,12,18-19H,4,10H2,1-3H3. The second kappa shape index (κ2) is 6.34. The number of nitrogens with zero attached hydrogens (tertiary/aromatic N) is 1. The van der Waals surface area contributed by atoms with E-state index in [9.17, 15) is 5.26 Å². The van der Waals surface area contributed by atoms with Crippen molar-refractivity contribution in [3.63, 3.8) is 0 Å². The van der Waals surface area contributed by atoms with E-state index in [1.54, 1.807) is 11.8 Å². The summed E-state index contributed by atoms with van der Waals surface area (Å²) >= 11 is 1.79. The number of hydrogen-bond donors (Lipinski definition) is 2. The molecule has 0 amide bonds. The van der Waals surface area contributed by atoms with E-state index in [2.05, 4.69) is 41.5 Å². The number of aromatic amines is 1. The minimum absolute atomic E-state index is 0.367. The molecule has 2 N–H and O–H groups in total. The maximum atomic E-state index is 9.32. The Balaban J connectivity index is 2.04. The fourth-order valence-electron chi connectivity index (χ4n) is 2.49. The molecule has 4 heteroatoms. The van der Waals surface area contributed by atoms with Gasteiger partial charge in [-0.2, -0.15) is 5.26 Å². The molecular weight excluding hydrogens is 266 g/mol. The highest BCUT2D eigenvalue weighted by molar-refractivity contribution is 7.99. The molecule has 3 nitrogen and oxygen atoms in total. The maximum Gasteiger partial charge on any atom is 0.104 e. The summed E-state index contributed by atoms with van der Waals surface area (Å²) in [7, 11) is 0. The van der Waals surface area contributed by atoms with E-state index in [1.165, 1.54) is 5.39 Å². The van der Waals surface area contributed by atoms with Crippen molar-refractivity contribution >= 4 is 22.7 Å². The molecule has 0 fully saturated rings. The first-order valence-electron chi connectivity index (χ1n) is 6.97. The van der Waals surface area contributed by atoms with Gasteiger partial charge in [-0.15, -0.1) is 11.8 Å². The summed E-state index contributed by atoms with van der Waals surface area (Å²) in [6.45, 7) is 6.99. The molecule has 0 saturated heterocycles. The van der Waals surface area contributed by atoms with Crippen LogP contribution in [-0.2, 0) is 0 Å². The normalized spacial score (nSPS) is 15.7. The van der Waals surface area contributed by atoms with Crippen molar-refractivity contribution in [1.82, 2.24) is 10.3 Å². The van der Waals surface area contributed by atoms with Crippen LogP contribution in [0.5, 0.6) is 0 Å². The number of nitriles is 1. The zero-order valence-electron chi connectivity index (χ0n) is 12.2. The second-order valence-corrected chi connectivity index (χ2v) is 6.81. The third-order valence-electron chi connectivity index (χ3n) is 3.34. The first-order valence-corrected chi connectivity index (χ1v) is 7.85. The van der Waals surface area contributed by atoms with Gasteiger partial charge in [-0.1, -0.05) is 32.0 Å². The van der Waals surface area contributed by atoms with Gasteiger partial charge in [0.1, 0.15) is 5.54 Å². The van der Waals surface area contributed by atoms with Crippen LogP contribution in [0.4, 0.5) is 0 Å². The van der Waals surface area contributed by atoms with Gasteiger partial charge in [-0.05, 0) is 32.0 Å². The minimum atomic E-state index is -0.451. The van der Waals surface area contributed by atoms with Crippen LogP contribution in [0.3, 0.4) is 0 Å². The SMILES string of the molecule is CCNC(C)(C#N)CC(C)Sc1cc2ccccc2[nH]1. The zero-order valence-corrected chi connectivity index (χ0v) is 13.1. The molecule has 1 aromatic carbocycles. The average Bonchev–Trinajstić information content (AvgIpc) is 2.80. The molecule has 0 radical (unpaired) electrons. The molecule has 2 rings (SSSR count). The molecule has 1 heterocycles. The molecule has 20 heavy (non-hydrogen) atoms. The first kappa shape index (κ1) is 15.0. The smallest absolute Gasteiger partial charge is 0.104 e. The van der Waals surface area contributed by atoms with Crippen molar-refractivity contribution in [1.29, 1.82) is 5.26 Å². The van der Waals surface area contributed by atoms with Crippen molar-refractivity contribution in [2.45, 2.75) is 43.0 Å². The fraction of sp³-hybridized carbons (Fsp3) is 0.438. The summed E-state index contributed by atoms with van der Waals surface area (Å²) in [6, 6.07) is 12.8. The van der Waals surface area contributed by atoms with Gasteiger partial charge in [0, 0.05) is 16.2 Å². The number of nitrogens with one attached hydrogen (secondary N) is 2. The minimum Gasteiger partial charge on any atom is -0.350 e. The quantitative estimate of drug-likeness (QED) is 0.791. The van der Waals surface area contributed by atoms with E-state index in [4.69, 9.17) is 0 Å². The Labute approximate surface area is 124 Å². The second-order valence-electron chi connectivity index (χ2n) is 5.33. The maximum absolute atomic E-state index is 9.32. The lowest BCUT2D eigenvalue weighted by Gasteiger charge is -2.25. The number of rotatable bonds is 6. The number of aromatic nitrogens is 1. The van der Waals surface area contributed by atoms with Crippen LogP contribution in [-0.4, -0.2) is 22.3 Å². The molecule has 0 aliphatic heterocycles. The van der Waals surface area contributed by atoms with Crippen molar-refractivity contribution < 1.29 is 0 Å². The van der Waals surface area contributed by atoms with Crippen molar-refractivity contribution in [3.05, 3.63) is 30.3 Å². The number of benzene rings is 1. The molecule has 2 aromatic rings. The molecule has 1 aromatic heterocycles. The summed E-state index contributed by atoms with van der Waals surface area (Å²) in [6.07, 6.45) is 0.817. The van der Waals surface area contributed by atoms with Gasteiger partial charge in [0.05, 0.1) is 11.1 Å². The van der Waals surface area contributed by atoms with Gasteiger partial charge >= 0.3 is 0 Å². The van der Waals surface area contributed by atoms with E-state index < -0.39 is 5.54 Å². The Kier molecular flexibility index (Phi) is 4.74. The molecule has 2 atom stereocenters. The monoisotopic (exact) mass is 287 g/mol. The molecule has 0 saturated carbocycles. The van der Waals surface area contributed by atoms with E-state index in [0.717, 1.165) is 23.5 Å². The molecule has 0 aliphatic rings. The van der Waals surface area contributed by atoms with Crippen LogP contribution in [0.25, 0.3) is 10.9 Å². The molecule has 2 unspecified atom stereocenters. The summed E-state index contributed by atoms with van der Waals surface area (Å²) in [5, 5.41) is 15.3. The fourth-order valence-corrected chi connectivity index (χ4v) is 3.71. The van der Waals surface area contributed by atoms with E-state index in [-0.39, 0.29) is 0 Å². The van der Waals surface area contributed by atoms with Crippen molar-refractivity contribution in [2.75, 3.05) is 6.54 Å². The van der Waals surface area contributed by atoms with Gasteiger partial charge in [0.15, 0.2) is 0 Å². The Morgan fingerprint density at radius 1 is 1.45 bits per heavy atom. The summed E-state index contributed by atoms with van der Waals surface area (Å²) in [5.41, 5.74) is 0.713. The Hall–Kier alpha value is -1.44. The topological polar surface area (TPSA) is 51.6 Å².